The minimum atomic E-state index is -0.227. The predicted octanol–water partition coefficient (Wildman–Crippen LogP) is 0.982. The summed E-state index contributed by atoms with van der Waals surface area (Å²) in [6.45, 7) is 6.11. The zero-order chi connectivity index (χ0) is 9.84. The predicted molar refractivity (Wildman–Crippen MR) is 53.2 cm³/mol. The lowest BCUT2D eigenvalue weighted by atomic mass is 10.0. The van der Waals surface area contributed by atoms with Gasteiger partial charge in [0.25, 0.3) is 0 Å². The smallest absolute Gasteiger partial charge is 0.239 e. The first-order valence-corrected chi connectivity index (χ1v) is 5.23. The zero-order valence-corrected chi connectivity index (χ0v) is 8.62. The summed E-state index contributed by atoms with van der Waals surface area (Å²) in [4.78, 5) is 13.4. The maximum atomic E-state index is 11.5. The Labute approximate surface area is 80.3 Å². The summed E-state index contributed by atoms with van der Waals surface area (Å²) in [6.07, 6.45) is 3.13. The lowest BCUT2D eigenvalue weighted by Crippen LogP contribution is -2.36. The Balaban J connectivity index is 2.41. The monoisotopic (exact) mass is 184 g/mol. The van der Waals surface area contributed by atoms with Crippen LogP contribution in [0.4, 0.5) is 0 Å². The largest absolute Gasteiger partial charge is 0.341 e. The minimum Gasteiger partial charge on any atom is -0.341 e. The van der Waals surface area contributed by atoms with E-state index in [2.05, 4.69) is 13.8 Å². The van der Waals surface area contributed by atoms with Gasteiger partial charge in [0.05, 0.1) is 6.04 Å². The number of likely N-dealkylation sites (tertiary alicyclic amines) is 1. The van der Waals surface area contributed by atoms with Gasteiger partial charge in [-0.15, -0.1) is 0 Å². The molecule has 0 radical (unpaired) electrons. The van der Waals surface area contributed by atoms with Crippen LogP contribution in [0.2, 0.25) is 0 Å². The van der Waals surface area contributed by atoms with Crippen molar-refractivity contribution in [1.29, 1.82) is 0 Å². The average molecular weight is 184 g/mol. The molecule has 0 spiro atoms. The second-order valence-electron chi connectivity index (χ2n) is 3.86. The Morgan fingerprint density at radius 2 is 2.15 bits per heavy atom. The maximum Gasteiger partial charge on any atom is 0.239 e. The third-order valence-corrected chi connectivity index (χ3v) is 2.97. The van der Waals surface area contributed by atoms with Crippen LogP contribution in [0, 0.1) is 5.92 Å². The number of carbonyl (C=O) groups excluding carboxylic acids is 1. The molecule has 0 aromatic heterocycles. The van der Waals surface area contributed by atoms with Crippen molar-refractivity contribution in [1.82, 2.24) is 4.90 Å². The van der Waals surface area contributed by atoms with Crippen molar-refractivity contribution < 1.29 is 4.79 Å². The normalized spacial score (nSPS) is 23.2. The van der Waals surface area contributed by atoms with E-state index >= 15 is 0 Å². The number of amides is 1. The number of carbonyl (C=O) groups is 1. The second-order valence-corrected chi connectivity index (χ2v) is 3.86. The van der Waals surface area contributed by atoms with Crippen LogP contribution in [-0.4, -0.2) is 29.9 Å². The molecule has 0 bridgehead atoms. The van der Waals surface area contributed by atoms with Crippen molar-refractivity contribution in [3.63, 3.8) is 0 Å². The van der Waals surface area contributed by atoms with Gasteiger partial charge in [0.2, 0.25) is 5.91 Å². The van der Waals surface area contributed by atoms with Crippen LogP contribution in [0.1, 0.15) is 33.1 Å². The highest BCUT2D eigenvalue weighted by Gasteiger charge is 2.29. The van der Waals surface area contributed by atoms with Gasteiger partial charge < -0.3 is 10.6 Å². The van der Waals surface area contributed by atoms with Gasteiger partial charge in [-0.1, -0.05) is 26.7 Å². The van der Waals surface area contributed by atoms with Crippen LogP contribution in [0.5, 0.6) is 0 Å². The lowest BCUT2D eigenvalue weighted by molar-refractivity contribution is -0.129. The molecular formula is C10H20N2O. The topological polar surface area (TPSA) is 46.3 Å². The number of hydrogen-bond donors (Lipinski definition) is 1. The van der Waals surface area contributed by atoms with E-state index in [1.165, 1.54) is 0 Å². The SMILES string of the molecule is CCC(CC)CN1CCC(N)C1=O. The third-order valence-electron chi connectivity index (χ3n) is 2.97. The Bertz CT molecular complexity index is 178. The summed E-state index contributed by atoms with van der Waals surface area (Å²) in [5.74, 6) is 0.793. The Hall–Kier alpha value is -0.570. The Morgan fingerprint density at radius 3 is 2.54 bits per heavy atom. The number of hydrogen-bond acceptors (Lipinski definition) is 2. The Morgan fingerprint density at radius 1 is 1.54 bits per heavy atom. The molecule has 1 atom stereocenters. The van der Waals surface area contributed by atoms with Crippen molar-refractivity contribution in [3.05, 3.63) is 0 Å². The van der Waals surface area contributed by atoms with Gasteiger partial charge in [-0.3, -0.25) is 4.79 Å². The molecule has 1 saturated heterocycles. The van der Waals surface area contributed by atoms with E-state index in [4.69, 9.17) is 5.73 Å². The summed E-state index contributed by atoms with van der Waals surface area (Å²) in [6, 6.07) is -0.227. The van der Waals surface area contributed by atoms with Crippen molar-refractivity contribution >= 4 is 5.91 Å². The van der Waals surface area contributed by atoms with Crippen LogP contribution >= 0.6 is 0 Å². The molecular weight excluding hydrogens is 164 g/mol. The molecule has 3 nitrogen and oxygen atoms in total. The Kier molecular flexibility index (Phi) is 3.72. The van der Waals surface area contributed by atoms with Crippen LogP contribution < -0.4 is 5.73 Å². The molecule has 1 rings (SSSR count). The molecule has 3 heteroatoms. The number of nitrogens with two attached hydrogens (primary N) is 1. The number of rotatable bonds is 4. The summed E-state index contributed by atoms with van der Waals surface area (Å²) in [5, 5.41) is 0. The molecule has 1 unspecified atom stereocenters. The molecule has 76 valence electrons. The van der Waals surface area contributed by atoms with Crippen molar-refractivity contribution in [3.8, 4) is 0 Å². The lowest BCUT2D eigenvalue weighted by Gasteiger charge is -2.21. The molecule has 13 heavy (non-hydrogen) atoms. The fourth-order valence-electron chi connectivity index (χ4n) is 1.80. The van der Waals surface area contributed by atoms with Crippen molar-refractivity contribution in [2.75, 3.05) is 13.1 Å². The summed E-state index contributed by atoms with van der Waals surface area (Å²) in [7, 11) is 0. The molecule has 1 aliphatic heterocycles. The molecule has 1 heterocycles. The zero-order valence-electron chi connectivity index (χ0n) is 8.62. The molecule has 0 aromatic carbocycles. The molecule has 1 amide bonds. The molecule has 1 aliphatic rings. The quantitative estimate of drug-likeness (QED) is 0.708. The summed E-state index contributed by atoms with van der Waals surface area (Å²) >= 11 is 0. The van der Waals surface area contributed by atoms with E-state index in [1.807, 2.05) is 4.90 Å². The first-order valence-electron chi connectivity index (χ1n) is 5.23. The van der Waals surface area contributed by atoms with Gasteiger partial charge in [-0.25, -0.2) is 0 Å². The van der Waals surface area contributed by atoms with E-state index in [0.29, 0.717) is 5.92 Å². The highest BCUT2D eigenvalue weighted by atomic mass is 16.2. The van der Waals surface area contributed by atoms with Crippen LogP contribution in [0.25, 0.3) is 0 Å². The van der Waals surface area contributed by atoms with Crippen molar-refractivity contribution in [2.45, 2.75) is 39.2 Å². The second kappa shape index (κ2) is 4.61. The third kappa shape index (κ3) is 2.44. The molecule has 0 aromatic rings. The van der Waals surface area contributed by atoms with E-state index in [-0.39, 0.29) is 11.9 Å². The van der Waals surface area contributed by atoms with Crippen LogP contribution in [0.15, 0.2) is 0 Å². The number of nitrogens with zero attached hydrogens (tertiary/aromatic N) is 1. The van der Waals surface area contributed by atoms with Gasteiger partial charge in [-0.2, -0.15) is 0 Å². The fraction of sp³-hybridized carbons (Fsp3) is 0.900. The minimum absolute atomic E-state index is 0.145. The maximum absolute atomic E-state index is 11.5. The molecule has 0 saturated carbocycles. The summed E-state index contributed by atoms with van der Waals surface area (Å²) in [5.41, 5.74) is 5.64. The fourth-order valence-corrected chi connectivity index (χ4v) is 1.80. The highest BCUT2D eigenvalue weighted by molar-refractivity contribution is 5.83. The molecule has 2 N–H and O–H groups in total. The first-order chi connectivity index (χ1) is 6.19. The average Bonchev–Trinajstić information content (AvgIpc) is 2.45. The molecule has 1 fully saturated rings. The summed E-state index contributed by atoms with van der Waals surface area (Å²) < 4.78 is 0. The van der Waals surface area contributed by atoms with E-state index in [0.717, 1.165) is 32.4 Å². The van der Waals surface area contributed by atoms with Crippen LogP contribution in [-0.2, 0) is 4.79 Å². The van der Waals surface area contributed by atoms with E-state index in [1.54, 1.807) is 0 Å². The van der Waals surface area contributed by atoms with Gasteiger partial charge in [0, 0.05) is 13.1 Å². The van der Waals surface area contributed by atoms with Gasteiger partial charge in [0.15, 0.2) is 0 Å². The van der Waals surface area contributed by atoms with Crippen LogP contribution in [0.3, 0.4) is 0 Å². The van der Waals surface area contributed by atoms with Gasteiger partial charge in [0.1, 0.15) is 0 Å². The van der Waals surface area contributed by atoms with Gasteiger partial charge in [-0.05, 0) is 12.3 Å². The molecule has 0 aliphatic carbocycles. The van der Waals surface area contributed by atoms with E-state index < -0.39 is 0 Å². The van der Waals surface area contributed by atoms with Gasteiger partial charge >= 0.3 is 0 Å². The van der Waals surface area contributed by atoms with Crippen molar-refractivity contribution in [2.24, 2.45) is 11.7 Å². The highest BCUT2D eigenvalue weighted by Crippen LogP contribution is 2.15. The first kappa shape index (κ1) is 10.5. The standard InChI is InChI=1S/C10H20N2O/c1-3-8(4-2)7-12-6-5-9(11)10(12)13/h8-9H,3-7,11H2,1-2H3. The van der Waals surface area contributed by atoms with E-state index in [9.17, 15) is 4.79 Å².